The van der Waals surface area contributed by atoms with E-state index in [0.717, 1.165) is 36.0 Å². The highest BCUT2D eigenvalue weighted by atomic mass is 16.6. The molecule has 2 aliphatic carbocycles. The number of carbonyl (C=O) groups is 2. The summed E-state index contributed by atoms with van der Waals surface area (Å²) in [4.78, 5) is 24.6. The van der Waals surface area contributed by atoms with Crippen molar-refractivity contribution in [1.82, 2.24) is 0 Å². The molecule has 6 heteroatoms. The number of hydrogen-bond acceptors (Lipinski definition) is 6. The van der Waals surface area contributed by atoms with E-state index in [1.807, 2.05) is 39.0 Å². The lowest BCUT2D eigenvalue weighted by Crippen LogP contribution is -2.48. The van der Waals surface area contributed by atoms with Crippen molar-refractivity contribution in [3.63, 3.8) is 0 Å². The molecule has 3 rings (SSSR count). The van der Waals surface area contributed by atoms with Gasteiger partial charge in [-0.25, -0.2) is 0 Å². The lowest BCUT2D eigenvalue weighted by molar-refractivity contribution is -0.152. The van der Waals surface area contributed by atoms with E-state index in [1.54, 1.807) is 0 Å². The highest BCUT2D eigenvalue weighted by Crippen LogP contribution is 2.67. The summed E-state index contributed by atoms with van der Waals surface area (Å²) in [6.07, 6.45) is 23.4. The van der Waals surface area contributed by atoms with Crippen molar-refractivity contribution in [2.75, 3.05) is 0 Å². The van der Waals surface area contributed by atoms with Crippen LogP contribution in [0.15, 0.2) is 82.5 Å². The Morgan fingerprint density at radius 2 is 1.44 bits per heavy atom. The molecule has 0 radical (unpaired) electrons. The first-order valence-electron chi connectivity index (χ1n) is 17.7. The molecule has 1 saturated heterocycles. The average molecular weight is 663 g/mol. The van der Waals surface area contributed by atoms with E-state index in [9.17, 15) is 19.8 Å². The Hall–Kier alpha value is -2.80. The predicted octanol–water partition coefficient (Wildman–Crippen LogP) is 9.15. The second-order valence-corrected chi connectivity index (χ2v) is 16.4. The van der Waals surface area contributed by atoms with Crippen LogP contribution in [0.2, 0.25) is 0 Å². The van der Waals surface area contributed by atoms with Crippen LogP contribution in [0, 0.1) is 10.8 Å². The van der Waals surface area contributed by atoms with Crippen molar-refractivity contribution in [2.24, 2.45) is 10.8 Å². The summed E-state index contributed by atoms with van der Waals surface area (Å²) in [5.41, 5.74) is 2.84. The Balaban J connectivity index is 1.46. The number of unbranched alkanes of at least 4 members (excludes halogenated alkanes) is 1. The minimum Gasteiger partial charge on any atom is -0.462 e. The second kappa shape index (κ2) is 15.4. The van der Waals surface area contributed by atoms with E-state index >= 15 is 0 Å². The van der Waals surface area contributed by atoms with E-state index in [2.05, 4.69) is 84.9 Å². The van der Waals surface area contributed by atoms with Crippen LogP contribution in [0.3, 0.4) is 0 Å². The SMILES string of the molecule is CC(=O)O[C@H]1CC(C)(C)/C(=C\C/C(C)=C/C=C/C(C)=C/CC/C=C(C)/C=C/C=C(\C)C(=O)C[C@@]23O[C@]2(C)C[C@@H](O)CC3(C)C)[C@](C)(O)C1. The fourth-order valence-corrected chi connectivity index (χ4v) is 8.26. The van der Waals surface area contributed by atoms with Crippen LogP contribution in [0.25, 0.3) is 0 Å². The van der Waals surface area contributed by atoms with Crippen LogP contribution in [0.5, 0.6) is 0 Å². The van der Waals surface area contributed by atoms with Crippen molar-refractivity contribution in [1.29, 1.82) is 0 Å². The van der Waals surface area contributed by atoms with Gasteiger partial charge in [0, 0.05) is 26.2 Å². The van der Waals surface area contributed by atoms with Crippen LogP contribution in [0.4, 0.5) is 0 Å². The number of ether oxygens (including phenoxy) is 2. The van der Waals surface area contributed by atoms with Gasteiger partial charge in [0.05, 0.1) is 17.3 Å². The number of fused-ring (bicyclic) bond motifs is 1. The van der Waals surface area contributed by atoms with Gasteiger partial charge >= 0.3 is 5.97 Å². The van der Waals surface area contributed by atoms with Crippen molar-refractivity contribution < 1.29 is 29.3 Å². The number of aliphatic hydroxyl groups is 2. The van der Waals surface area contributed by atoms with Gasteiger partial charge in [-0.05, 0) is 95.6 Å². The normalized spacial score (nSPS) is 33.3. The summed E-state index contributed by atoms with van der Waals surface area (Å²) in [7, 11) is 0. The monoisotopic (exact) mass is 662 g/mol. The van der Waals surface area contributed by atoms with Gasteiger partial charge in [-0.2, -0.15) is 0 Å². The maximum atomic E-state index is 13.1. The summed E-state index contributed by atoms with van der Waals surface area (Å²) < 4.78 is 11.6. The Morgan fingerprint density at radius 1 is 0.854 bits per heavy atom. The number of esters is 1. The third-order valence-electron chi connectivity index (χ3n) is 10.7. The summed E-state index contributed by atoms with van der Waals surface area (Å²) >= 11 is 0. The molecule has 2 saturated carbocycles. The molecule has 2 N–H and O–H groups in total. The lowest BCUT2D eigenvalue weighted by Gasteiger charge is -2.46. The van der Waals surface area contributed by atoms with Gasteiger partial charge in [0.15, 0.2) is 5.78 Å². The van der Waals surface area contributed by atoms with Gasteiger partial charge in [-0.3, -0.25) is 9.59 Å². The van der Waals surface area contributed by atoms with E-state index in [4.69, 9.17) is 9.47 Å². The number of ketones is 1. The standard InChI is InChI=1S/C42H62O6/c1-29(18-14-19-31(3)22-23-37-38(6,7)26-35(47-33(5)43)27-40(37,10)46)16-12-13-17-30(2)20-15-21-32(4)36(45)28-42-39(8,9)24-34(44)25-41(42,11)48-42/h14-21,23,34-35,44,46H,12-13,22,24-28H2,1-11H3/b18-14+,20-15+,29-16+,30-17+,31-19+,32-21+,37-23+/t34-,35-,40+,41+,42-/m0/s1. The predicted molar refractivity (Wildman–Crippen MR) is 195 cm³/mol. The average Bonchev–Trinajstić information content (AvgIpc) is 3.53. The topological polar surface area (TPSA) is 96.4 Å². The van der Waals surface area contributed by atoms with Gasteiger partial charge < -0.3 is 19.7 Å². The molecule has 5 atom stereocenters. The van der Waals surface area contributed by atoms with Crippen LogP contribution < -0.4 is 0 Å². The molecule has 6 nitrogen and oxygen atoms in total. The maximum absolute atomic E-state index is 13.1. The number of hydrogen-bond donors (Lipinski definition) is 2. The fourth-order valence-electron chi connectivity index (χ4n) is 8.26. The Kier molecular flexibility index (Phi) is 12.7. The number of carbonyl (C=O) groups excluding carboxylic acids is 2. The van der Waals surface area contributed by atoms with Crippen LogP contribution in [0.1, 0.15) is 128 Å². The van der Waals surface area contributed by atoms with Gasteiger partial charge in [0.1, 0.15) is 11.7 Å². The molecule has 266 valence electrons. The van der Waals surface area contributed by atoms with Crippen molar-refractivity contribution in [3.05, 3.63) is 82.5 Å². The van der Waals surface area contributed by atoms with Crippen LogP contribution in [-0.4, -0.2) is 51.0 Å². The molecule has 0 aromatic rings. The van der Waals surface area contributed by atoms with Gasteiger partial charge in [0.25, 0.3) is 0 Å². The van der Waals surface area contributed by atoms with Gasteiger partial charge in [0.2, 0.25) is 0 Å². The molecule has 0 bridgehead atoms. The summed E-state index contributed by atoms with van der Waals surface area (Å²) in [6, 6.07) is 0. The first-order chi connectivity index (χ1) is 22.1. The second-order valence-electron chi connectivity index (χ2n) is 16.4. The van der Waals surface area contributed by atoms with E-state index in [-0.39, 0.29) is 34.8 Å². The number of allylic oxidation sites excluding steroid dienone is 13. The summed E-state index contributed by atoms with van der Waals surface area (Å²) in [5, 5.41) is 21.5. The number of Topliss-reactive ketones (excluding diaryl/α,β-unsaturated/α-hetero) is 1. The Morgan fingerprint density at radius 3 is 1.98 bits per heavy atom. The highest BCUT2D eigenvalue weighted by Gasteiger charge is 2.76. The van der Waals surface area contributed by atoms with Crippen molar-refractivity contribution >= 4 is 11.8 Å². The quantitative estimate of drug-likeness (QED) is 0.0510. The first-order valence-corrected chi connectivity index (χ1v) is 17.7. The molecular formula is C42H62O6. The van der Waals surface area contributed by atoms with Crippen LogP contribution in [-0.2, 0) is 19.1 Å². The number of rotatable bonds is 13. The molecule has 3 fully saturated rings. The van der Waals surface area contributed by atoms with Crippen molar-refractivity contribution in [2.45, 2.75) is 157 Å². The summed E-state index contributed by atoms with van der Waals surface area (Å²) in [6.45, 7) is 21.8. The van der Waals surface area contributed by atoms with E-state index in [1.165, 1.54) is 18.1 Å². The summed E-state index contributed by atoms with van der Waals surface area (Å²) in [5.74, 6) is -0.205. The molecule has 1 aliphatic heterocycles. The smallest absolute Gasteiger partial charge is 0.302 e. The van der Waals surface area contributed by atoms with Crippen LogP contribution >= 0.6 is 0 Å². The Labute approximate surface area is 290 Å². The minimum atomic E-state index is -1.01. The molecule has 0 spiro atoms. The molecular weight excluding hydrogens is 600 g/mol. The highest BCUT2D eigenvalue weighted by molar-refractivity contribution is 5.96. The third-order valence-corrected chi connectivity index (χ3v) is 10.7. The molecule has 0 amide bonds. The fraction of sp³-hybridized carbons (Fsp3) is 0.619. The zero-order chi connectivity index (χ0) is 36.1. The lowest BCUT2D eigenvalue weighted by atomic mass is 9.61. The maximum Gasteiger partial charge on any atom is 0.302 e. The largest absolute Gasteiger partial charge is 0.462 e. The van der Waals surface area contributed by atoms with Gasteiger partial charge in [-0.15, -0.1) is 0 Å². The van der Waals surface area contributed by atoms with E-state index in [0.29, 0.717) is 32.1 Å². The minimum absolute atomic E-state index is 0.0993. The molecule has 0 aromatic heterocycles. The zero-order valence-corrected chi connectivity index (χ0v) is 31.5. The molecule has 0 aromatic carbocycles. The van der Waals surface area contributed by atoms with E-state index < -0.39 is 16.8 Å². The molecule has 48 heavy (non-hydrogen) atoms. The molecule has 3 aliphatic rings. The zero-order valence-electron chi connectivity index (χ0n) is 31.5. The van der Waals surface area contributed by atoms with Gasteiger partial charge in [-0.1, -0.05) is 99.1 Å². The third kappa shape index (κ3) is 9.89. The Bertz CT molecular complexity index is 1410. The number of aliphatic hydroxyl groups excluding tert-OH is 1. The van der Waals surface area contributed by atoms with Crippen molar-refractivity contribution in [3.8, 4) is 0 Å². The molecule has 1 heterocycles. The number of epoxide rings is 1. The first kappa shape index (κ1) is 39.6. The molecule has 0 unspecified atom stereocenters.